The number of carbonyl (C=O) groups is 1. The Bertz CT molecular complexity index is 747. The molecule has 2 N–H and O–H groups in total. The number of carbonyl (C=O) groups excluding carboxylic acids is 1. The molecule has 0 spiro atoms. The predicted octanol–water partition coefficient (Wildman–Crippen LogP) is 2.69. The zero-order valence-electron chi connectivity index (χ0n) is 13.2. The van der Waals surface area contributed by atoms with E-state index in [-0.39, 0.29) is 11.9 Å². The molecule has 1 aromatic heterocycles. The van der Waals surface area contributed by atoms with Gasteiger partial charge in [-0.2, -0.15) is 0 Å². The molecule has 7 heteroatoms. The van der Waals surface area contributed by atoms with Gasteiger partial charge in [0.1, 0.15) is 12.0 Å². The molecule has 124 valence electrons. The van der Waals surface area contributed by atoms with Gasteiger partial charge in [-0.1, -0.05) is 28.1 Å². The van der Waals surface area contributed by atoms with Gasteiger partial charge in [0, 0.05) is 10.7 Å². The van der Waals surface area contributed by atoms with Crippen molar-refractivity contribution in [2.45, 2.75) is 13.0 Å². The van der Waals surface area contributed by atoms with E-state index < -0.39 is 0 Å². The van der Waals surface area contributed by atoms with E-state index in [1.54, 1.807) is 18.6 Å². The molecule has 2 aromatic rings. The van der Waals surface area contributed by atoms with Gasteiger partial charge in [0.15, 0.2) is 0 Å². The van der Waals surface area contributed by atoms with E-state index in [9.17, 15) is 4.79 Å². The Labute approximate surface area is 149 Å². The molecule has 0 radical (unpaired) electrons. The summed E-state index contributed by atoms with van der Waals surface area (Å²) in [5.41, 5.74) is 5.37. The Morgan fingerprint density at radius 3 is 2.83 bits per heavy atom. The minimum absolute atomic E-state index is 0.101. The Balaban J connectivity index is 1.70. The fourth-order valence-corrected chi connectivity index (χ4v) is 2.68. The van der Waals surface area contributed by atoms with Gasteiger partial charge < -0.3 is 5.32 Å². The second-order valence-corrected chi connectivity index (χ2v) is 6.38. The number of aliphatic imine (C=N–C) groups is 1. The largest absolute Gasteiger partial charge is 0.344 e. The van der Waals surface area contributed by atoms with E-state index in [1.165, 1.54) is 0 Å². The number of hydrazine groups is 1. The third-order valence-electron chi connectivity index (χ3n) is 3.76. The van der Waals surface area contributed by atoms with Crippen molar-refractivity contribution in [2.24, 2.45) is 4.99 Å². The topological polar surface area (TPSA) is 69.6 Å². The quantitative estimate of drug-likeness (QED) is 0.845. The number of rotatable bonds is 4. The highest BCUT2D eigenvalue weighted by Crippen LogP contribution is 2.18. The first-order valence-electron chi connectivity index (χ1n) is 7.68. The number of nitrogens with zero attached hydrogens (tertiary/aromatic N) is 3. The summed E-state index contributed by atoms with van der Waals surface area (Å²) in [6.45, 7) is 3.42. The average molecular weight is 388 g/mol. The average Bonchev–Trinajstić information content (AvgIpc) is 2.63. The van der Waals surface area contributed by atoms with E-state index in [2.05, 4.69) is 36.6 Å². The summed E-state index contributed by atoms with van der Waals surface area (Å²) in [5, 5.41) is 4.91. The van der Waals surface area contributed by atoms with Gasteiger partial charge in [0.2, 0.25) is 0 Å². The Hall–Kier alpha value is -2.41. The molecule has 0 saturated heterocycles. The Kier molecular flexibility index (Phi) is 5.10. The lowest BCUT2D eigenvalue weighted by molar-refractivity contribution is 0.0935. The van der Waals surface area contributed by atoms with Crippen LogP contribution in [0.5, 0.6) is 0 Å². The summed E-state index contributed by atoms with van der Waals surface area (Å²) in [6, 6.07) is 11.4. The predicted molar refractivity (Wildman–Crippen MR) is 98.1 cm³/mol. The van der Waals surface area contributed by atoms with Gasteiger partial charge in [-0.25, -0.2) is 0 Å². The van der Waals surface area contributed by atoms with Crippen LogP contribution in [0.4, 0.5) is 5.69 Å². The summed E-state index contributed by atoms with van der Waals surface area (Å²) in [5.74, 6) is -0.196. The minimum Gasteiger partial charge on any atom is -0.344 e. The van der Waals surface area contributed by atoms with Gasteiger partial charge >= 0.3 is 0 Å². The maximum Gasteiger partial charge on any atom is 0.270 e. The summed E-state index contributed by atoms with van der Waals surface area (Å²) in [4.78, 5) is 20.8. The van der Waals surface area contributed by atoms with E-state index in [0.29, 0.717) is 5.69 Å². The highest BCUT2D eigenvalue weighted by Gasteiger charge is 2.15. The smallest absolute Gasteiger partial charge is 0.270 e. The van der Waals surface area contributed by atoms with E-state index in [0.717, 1.165) is 28.8 Å². The highest BCUT2D eigenvalue weighted by atomic mass is 79.9. The molecule has 24 heavy (non-hydrogen) atoms. The fraction of sp³-hybridized carbons (Fsp3) is 0.235. The molecule has 0 bridgehead atoms. The molecule has 2 heterocycles. The van der Waals surface area contributed by atoms with Gasteiger partial charge in [-0.3, -0.25) is 25.2 Å². The molecule has 0 saturated carbocycles. The second-order valence-electron chi connectivity index (χ2n) is 5.46. The van der Waals surface area contributed by atoms with Crippen LogP contribution >= 0.6 is 15.9 Å². The number of aromatic nitrogens is 1. The third-order valence-corrected chi connectivity index (χ3v) is 4.29. The number of halogens is 1. The lowest BCUT2D eigenvalue weighted by atomic mass is 10.1. The van der Waals surface area contributed by atoms with Crippen LogP contribution in [-0.4, -0.2) is 30.3 Å². The number of amides is 1. The van der Waals surface area contributed by atoms with Crippen LogP contribution in [0, 0.1) is 0 Å². The van der Waals surface area contributed by atoms with Gasteiger partial charge in [0.05, 0.1) is 24.8 Å². The maximum atomic E-state index is 12.5. The molecule has 0 fully saturated rings. The number of nitrogens with one attached hydrogen (secondary N) is 2. The van der Waals surface area contributed by atoms with Gasteiger partial charge in [-0.15, -0.1) is 0 Å². The monoisotopic (exact) mass is 387 g/mol. The van der Waals surface area contributed by atoms with Crippen molar-refractivity contribution in [3.63, 3.8) is 0 Å². The van der Waals surface area contributed by atoms with Crippen LogP contribution in [0.25, 0.3) is 0 Å². The molecular formula is C17H18BrN5O. The minimum atomic E-state index is -0.196. The van der Waals surface area contributed by atoms with Crippen LogP contribution in [0.2, 0.25) is 0 Å². The van der Waals surface area contributed by atoms with Crippen LogP contribution in [-0.2, 0) is 0 Å². The van der Waals surface area contributed by atoms with Crippen molar-refractivity contribution >= 4 is 33.9 Å². The summed E-state index contributed by atoms with van der Waals surface area (Å²) in [6.07, 6.45) is 3.29. The molecule has 0 unspecified atom stereocenters. The van der Waals surface area contributed by atoms with Crippen LogP contribution in [0.3, 0.4) is 0 Å². The van der Waals surface area contributed by atoms with Crippen molar-refractivity contribution in [3.8, 4) is 0 Å². The maximum absolute atomic E-state index is 12.5. The van der Waals surface area contributed by atoms with Crippen molar-refractivity contribution in [1.29, 1.82) is 0 Å². The van der Waals surface area contributed by atoms with Crippen LogP contribution in [0.15, 0.2) is 52.1 Å². The molecule has 1 atom stereocenters. The lowest BCUT2D eigenvalue weighted by Gasteiger charge is -2.26. The highest BCUT2D eigenvalue weighted by molar-refractivity contribution is 9.10. The zero-order valence-corrected chi connectivity index (χ0v) is 14.8. The number of anilines is 1. The fourth-order valence-electron chi connectivity index (χ4n) is 2.42. The molecule has 3 rings (SSSR count). The van der Waals surface area contributed by atoms with Gasteiger partial charge in [-0.05, 0) is 36.8 Å². The van der Waals surface area contributed by atoms with Crippen molar-refractivity contribution in [2.75, 3.05) is 18.1 Å². The van der Waals surface area contributed by atoms with Crippen molar-refractivity contribution in [3.05, 3.63) is 58.3 Å². The number of hydrogen-bond donors (Lipinski definition) is 2. The molecule has 6 nitrogen and oxygen atoms in total. The first-order valence-corrected chi connectivity index (χ1v) is 8.47. The van der Waals surface area contributed by atoms with Crippen molar-refractivity contribution in [1.82, 2.24) is 15.7 Å². The van der Waals surface area contributed by atoms with E-state index >= 15 is 0 Å². The first-order chi connectivity index (χ1) is 11.6. The van der Waals surface area contributed by atoms with Crippen LogP contribution in [0.1, 0.15) is 29.0 Å². The van der Waals surface area contributed by atoms with Crippen LogP contribution < -0.4 is 15.8 Å². The summed E-state index contributed by atoms with van der Waals surface area (Å²) in [7, 11) is 0. The van der Waals surface area contributed by atoms with E-state index in [1.807, 2.05) is 42.3 Å². The molecule has 1 aliphatic heterocycles. The standard InChI is InChI=1S/C17H18BrN5O/c1-12(13-2-4-14(18)5-3-13)22-17(24)16-10-15(6-7-20-16)23-9-8-19-11-21-23/h2-7,10-12H,8-9H2,1H3,(H,19,21)(H,22,24)/t12-/m1/s1. The van der Waals surface area contributed by atoms with Gasteiger partial charge in [0.25, 0.3) is 5.91 Å². The van der Waals surface area contributed by atoms with E-state index in [4.69, 9.17) is 0 Å². The molecular weight excluding hydrogens is 370 g/mol. The zero-order chi connectivity index (χ0) is 16.9. The number of pyridine rings is 1. The molecule has 0 aliphatic carbocycles. The normalized spacial score (nSPS) is 14.8. The summed E-state index contributed by atoms with van der Waals surface area (Å²) >= 11 is 3.41. The molecule has 1 aliphatic rings. The van der Waals surface area contributed by atoms with Crippen molar-refractivity contribution < 1.29 is 4.79 Å². The Morgan fingerprint density at radius 2 is 2.12 bits per heavy atom. The number of benzene rings is 1. The number of hydrogen-bond acceptors (Lipinski definition) is 5. The molecule has 1 aromatic carbocycles. The third kappa shape index (κ3) is 3.91. The molecule has 1 amide bonds. The second kappa shape index (κ2) is 7.44. The first kappa shape index (κ1) is 16.4. The Morgan fingerprint density at radius 1 is 1.33 bits per heavy atom. The lowest BCUT2D eigenvalue weighted by Crippen LogP contribution is -2.42. The summed E-state index contributed by atoms with van der Waals surface area (Å²) < 4.78 is 1.01. The SMILES string of the molecule is C[C@@H](NC(=O)c1cc(N2CCN=CN2)ccn1)c1ccc(Br)cc1.